The van der Waals surface area contributed by atoms with Crippen LogP contribution in [-0.4, -0.2) is 22.8 Å². The van der Waals surface area contributed by atoms with Crippen molar-refractivity contribution in [3.05, 3.63) is 24.0 Å². The summed E-state index contributed by atoms with van der Waals surface area (Å²) in [7, 11) is 0. The molecule has 1 saturated carbocycles. The van der Waals surface area contributed by atoms with Crippen molar-refractivity contribution in [1.82, 2.24) is 10.3 Å². The highest BCUT2D eigenvalue weighted by molar-refractivity contribution is 6.39. The van der Waals surface area contributed by atoms with Gasteiger partial charge < -0.3 is 10.6 Å². The molecule has 126 valence electrons. The number of rotatable bonds is 3. The lowest BCUT2D eigenvalue weighted by atomic mass is 10.0. The van der Waals surface area contributed by atoms with Gasteiger partial charge in [-0.25, -0.2) is 4.98 Å². The van der Waals surface area contributed by atoms with Crippen LogP contribution in [0.25, 0.3) is 0 Å². The largest absolute Gasteiger partial charge is 0.433 e. The van der Waals surface area contributed by atoms with Gasteiger partial charge in [0.1, 0.15) is 5.69 Å². The minimum absolute atomic E-state index is 0.0241. The van der Waals surface area contributed by atoms with Gasteiger partial charge in [0.05, 0.1) is 11.9 Å². The van der Waals surface area contributed by atoms with E-state index in [1.165, 1.54) is 0 Å². The zero-order chi connectivity index (χ0) is 17.0. The van der Waals surface area contributed by atoms with E-state index in [4.69, 9.17) is 0 Å². The molecule has 0 aliphatic heterocycles. The van der Waals surface area contributed by atoms with Crippen molar-refractivity contribution in [1.29, 1.82) is 0 Å². The highest BCUT2D eigenvalue weighted by Gasteiger charge is 2.32. The average molecular weight is 329 g/mol. The second kappa shape index (κ2) is 6.97. The van der Waals surface area contributed by atoms with Gasteiger partial charge in [-0.05, 0) is 30.9 Å². The normalized spacial score (nSPS) is 21.0. The van der Waals surface area contributed by atoms with Gasteiger partial charge in [0.25, 0.3) is 0 Å². The standard InChI is InChI=1S/C15H18F3N3O2/c1-2-9-4-3-5-11(9)21-14(23)13(22)20-10-6-7-12(19-8-10)15(16,17)18/h6-9,11H,2-5H2,1H3,(H,20,22)(H,21,23). The van der Waals surface area contributed by atoms with E-state index in [0.29, 0.717) is 5.92 Å². The molecule has 0 bridgehead atoms. The molecule has 8 heteroatoms. The Morgan fingerprint density at radius 2 is 2.00 bits per heavy atom. The van der Waals surface area contributed by atoms with Gasteiger partial charge in [0.15, 0.2) is 0 Å². The quantitative estimate of drug-likeness (QED) is 0.838. The summed E-state index contributed by atoms with van der Waals surface area (Å²) in [6, 6.07) is 1.78. The maximum Gasteiger partial charge on any atom is 0.433 e. The van der Waals surface area contributed by atoms with E-state index < -0.39 is 23.7 Å². The SMILES string of the molecule is CCC1CCCC1NC(=O)C(=O)Nc1ccc(C(F)(F)F)nc1. The number of alkyl halides is 3. The van der Waals surface area contributed by atoms with Gasteiger partial charge in [0, 0.05) is 6.04 Å². The minimum atomic E-state index is -4.54. The number of pyridine rings is 1. The van der Waals surface area contributed by atoms with Crippen molar-refractivity contribution in [2.75, 3.05) is 5.32 Å². The summed E-state index contributed by atoms with van der Waals surface area (Å²) in [5.41, 5.74) is -1.02. The number of nitrogens with zero attached hydrogens (tertiary/aromatic N) is 1. The second-order valence-corrected chi connectivity index (χ2v) is 5.56. The smallest absolute Gasteiger partial charge is 0.345 e. The van der Waals surface area contributed by atoms with E-state index in [1.54, 1.807) is 0 Å². The molecule has 0 spiro atoms. The number of aromatic nitrogens is 1. The predicted octanol–water partition coefficient (Wildman–Crippen LogP) is 2.73. The van der Waals surface area contributed by atoms with Crippen LogP contribution in [0.1, 0.15) is 38.3 Å². The van der Waals surface area contributed by atoms with Gasteiger partial charge in [-0.1, -0.05) is 19.8 Å². The van der Waals surface area contributed by atoms with E-state index in [2.05, 4.69) is 15.6 Å². The van der Waals surface area contributed by atoms with Crippen molar-refractivity contribution in [3.8, 4) is 0 Å². The van der Waals surface area contributed by atoms with Crippen molar-refractivity contribution in [3.63, 3.8) is 0 Å². The summed E-state index contributed by atoms with van der Waals surface area (Å²) in [4.78, 5) is 26.9. The Labute approximate surface area is 131 Å². The number of carbonyl (C=O) groups is 2. The molecule has 2 unspecified atom stereocenters. The van der Waals surface area contributed by atoms with Gasteiger partial charge in [-0.3, -0.25) is 9.59 Å². The van der Waals surface area contributed by atoms with Crippen molar-refractivity contribution in [2.45, 2.75) is 44.8 Å². The summed E-state index contributed by atoms with van der Waals surface area (Å²) in [5.74, 6) is -1.33. The first kappa shape index (κ1) is 17.2. The molecule has 1 aromatic heterocycles. The topological polar surface area (TPSA) is 71.1 Å². The van der Waals surface area contributed by atoms with Gasteiger partial charge >= 0.3 is 18.0 Å². The zero-order valence-corrected chi connectivity index (χ0v) is 12.6. The van der Waals surface area contributed by atoms with Crippen LogP contribution in [0.15, 0.2) is 18.3 Å². The van der Waals surface area contributed by atoms with Crippen LogP contribution >= 0.6 is 0 Å². The van der Waals surface area contributed by atoms with E-state index >= 15 is 0 Å². The van der Waals surface area contributed by atoms with Crippen LogP contribution in [0.2, 0.25) is 0 Å². The summed E-state index contributed by atoms with van der Waals surface area (Å²) in [6.45, 7) is 2.03. The molecular formula is C15H18F3N3O2. The van der Waals surface area contributed by atoms with E-state index in [0.717, 1.165) is 44.0 Å². The number of hydrogen-bond donors (Lipinski definition) is 2. The number of hydrogen-bond acceptors (Lipinski definition) is 3. The Balaban J connectivity index is 1.92. The summed E-state index contributed by atoms with van der Waals surface area (Å²) >= 11 is 0. The summed E-state index contributed by atoms with van der Waals surface area (Å²) < 4.78 is 37.2. The molecule has 1 heterocycles. The fraction of sp³-hybridized carbons (Fsp3) is 0.533. The molecule has 0 saturated heterocycles. The lowest BCUT2D eigenvalue weighted by molar-refractivity contribution is -0.141. The molecule has 5 nitrogen and oxygen atoms in total. The lowest BCUT2D eigenvalue weighted by Gasteiger charge is -2.19. The van der Waals surface area contributed by atoms with E-state index in [-0.39, 0.29) is 11.7 Å². The van der Waals surface area contributed by atoms with Crippen LogP contribution < -0.4 is 10.6 Å². The van der Waals surface area contributed by atoms with Gasteiger partial charge in [-0.15, -0.1) is 0 Å². The Kier molecular flexibility index (Phi) is 5.23. The number of nitrogens with one attached hydrogen (secondary N) is 2. The van der Waals surface area contributed by atoms with Crippen molar-refractivity contribution in [2.24, 2.45) is 5.92 Å². The fourth-order valence-electron chi connectivity index (χ4n) is 2.77. The highest BCUT2D eigenvalue weighted by Crippen LogP contribution is 2.28. The number of carbonyl (C=O) groups excluding carboxylic acids is 2. The van der Waals surface area contributed by atoms with Crippen molar-refractivity contribution >= 4 is 17.5 Å². The van der Waals surface area contributed by atoms with Crippen LogP contribution in [0.5, 0.6) is 0 Å². The Morgan fingerprint density at radius 1 is 1.26 bits per heavy atom. The first-order chi connectivity index (χ1) is 10.8. The molecular weight excluding hydrogens is 311 g/mol. The zero-order valence-electron chi connectivity index (χ0n) is 12.6. The molecule has 23 heavy (non-hydrogen) atoms. The van der Waals surface area contributed by atoms with E-state index in [1.807, 2.05) is 6.92 Å². The highest BCUT2D eigenvalue weighted by atomic mass is 19.4. The Bertz CT molecular complexity index is 572. The third-order valence-corrected chi connectivity index (χ3v) is 4.02. The molecule has 1 aliphatic carbocycles. The average Bonchev–Trinajstić information content (AvgIpc) is 2.94. The molecule has 1 fully saturated rings. The minimum Gasteiger partial charge on any atom is -0.345 e. The molecule has 2 rings (SSSR count). The van der Waals surface area contributed by atoms with Crippen LogP contribution in [0.3, 0.4) is 0 Å². The van der Waals surface area contributed by atoms with Crippen LogP contribution in [-0.2, 0) is 15.8 Å². The third-order valence-electron chi connectivity index (χ3n) is 4.02. The van der Waals surface area contributed by atoms with Gasteiger partial charge in [0.2, 0.25) is 0 Å². The predicted molar refractivity (Wildman–Crippen MR) is 77.4 cm³/mol. The Hall–Kier alpha value is -2.12. The molecule has 2 atom stereocenters. The Morgan fingerprint density at radius 3 is 2.57 bits per heavy atom. The first-order valence-corrected chi connectivity index (χ1v) is 7.46. The maximum atomic E-state index is 12.4. The van der Waals surface area contributed by atoms with Crippen LogP contribution in [0.4, 0.5) is 18.9 Å². The molecule has 0 aromatic carbocycles. The molecule has 1 aromatic rings. The van der Waals surface area contributed by atoms with E-state index in [9.17, 15) is 22.8 Å². The number of anilines is 1. The monoisotopic (exact) mass is 329 g/mol. The molecule has 2 N–H and O–H groups in total. The first-order valence-electron chi connectivity index (χ1n) is 7.46. The number of amides is 2. The molecule has 2 amide bonds. The lowest BCUT2D eigenvalue weighted by Crippen LogP contribution is -2.43. The van der Waals surface area contributed by atoms with Gasteiger partial charge in [-0.2, -0.15) is 13.2 Å². The summed E-state index contributed by atoms with van der Waals surface area (Å²) in [6.07, 6.45) is 0.116. The summed E-state index contributed by atoms with van der Waals surface area (Å²) in [5, 5.41) is 4.93. The third kappa shape index (κ3) is 4.43. The second-order valence-electron chi connectivity index (χ2n) is 5.56. The van der Waals surface area contributed by atoms with Crippen LogP contribution in [0, 0.1) is 5.92 Å². The number of halogens is 3. The molecule has 0 radical (unpaired) electrons. The molecule has 1 aliphatic rings. The fourth-order valence-corrected chi connectivity index (χ4v) is 2.77. The van der Waals surface area contributed by atoms with Crippen molar-refractivity contribution < 1.29 is 22.8 Å². The maximum absolute atomic E-state index is 12.4.